The SMILES string of the molecule is Cc1nn(-c2ccc(C(F)(F)F)cc2)c(Oc2ncnc(Cl)c2N)c1C. The lowest BCUT2D eigenvalue weighted by Gasteiger charge is -2.12. The molecule has 0 spiro atoms. The number of alkyl halides is 3. The molecule has 26 heavy (non-hydrogen) atoms. The summed E-state index contributed by atoms with van der Waals surface area (Å²) in [6, 6.07) is 4.55. The standard InChI is InChI=1S/C16H13ClF3N5O/c1-8-9(2)24-25(11-5-3-10(4-6-11)16(18,19)20)15(8)26-14-12(21)13(17)22-7-23-14/h3-7H,21H2,1-2H3. The van der Waals surface area contributed by atoms with E-state index in [1.54, 1.807) is 13.8 Å². The molecule has 2 heterocycles. The third kappa shape index (κ3) is 3.30. The first kappa shape index (κ1) is 18.0. The first-order chi connectivity index (χ1) is 12.2. The molecule has 0 bridgehead atoms. The minimum Gasteiger partial charge on any atom is -0.418 e. The van der Waals surface area contributed by atoms with Crippen molar-refractivity contribution in [1.82, 2.24) is 19.7 Å². The summed E-state index contributed by atoms with van der Waals surface area (Å²) in [4.78, 5) is 7.68. The molecular weight excluding hydrogens is 371 g/mol. The lowest BCUT2D eigenvalue weighted by molar-refractivity contribution is -0.137. The second-order valence-corrected chi connectivity index (χ2v) is 5.82. The second-order valence-electron chi connectivity index (χ2n) is 5.46. The van der Waals surface area contributed by atoms with E-state index in [4.69, 9.17) is 22.1 Å². The Morgan fingerprint density at radius 2 is 1.77 bits per heavy atom. The topological polar surface area (TPSA) is 78.8 Å². The average Bonchev–Trinajstić information content (AvgIpc) is 2.86. The van der Waals surface area contributed by atoms with Crippen LogP contribution in [-0.4, -0.2) is 19.7 Å². The van der Waals surface area contributed by atoms with Gasteiger partial charge in [-0.15, -0.1) is 0 Å². The number of aromatic nitrogens is 4. The fourth-order valence-electron chi connectivity index (χ4n) is 2.20. The molecule has 3 aromatic rings. The van der Waals surface area contributed by atoms with Gasteiger partial charge in [0.1, 0.15) is 12.0 Å². The highest BCUT2D eigenvalue weighted by atomic mass is 35.5. The molecule has 1 aromatic carbocycles. The van der Waals surface area contributed by atoms with Crippen molar-refractivity contribution in [3.63, 3.8) is 0 Å². The molecule has 10 heteroatoms. The Morgan fingerprint density at radius 1 is 1.12 bits per heavy atom. The third-order valence-corrected chi connectivity index (χ3v) is 4.04. The normalized spacial score (nSPS) is 11.6. The monoisotopic (exact) mass is 383 g/mol. The van der Waals surface area contributed by atoms with Gasteiger partial charge in [-0.3, -0.25) is 0 Å². The van der Waals surface area contributed by atoms with E-state index in [1.807, 2.05) is 0 Å². The van der Waals surface area contributed by atoms with Crippen molar-refractivity contribution in [3.05, 3.63) is 52.6 Å². The molecule has 0 aliphatic rings. The predicted molar refractivity (Wildman–Crippen MR) is 89.6 cm³/mol. The average molecular weight is 384 g/mol. The zero-order valence-electron chi connectivity index (χ0n) is 13.7. The summed E-state index contributed by atoms with van der Waals surface area (Å²) in [6.45, 7) is 3.51. The number of hydrogen-bond donors (Lipinski definition) is 1. The number of nitrogens with two attached hydrogens (primary N) is 1. The van der Waals surface area contributed by atoms with Crippen molar-refractivity contribution in [3.8, 4) is 17.4 Å². The number of aryl methyl sites for hydroxylation is 1. The van der Waals surface area contributed by atoms with Crippen LogP contribution < -0.4 is 10.5 Å². The van der Waals surface area contributed by atoms with E-state index in [0.29, 0.717) is 16.9 Å². The molecule has 136 valence electrons. The van der Waals surface area contributed by atoms with Gasteiger partial charge in [-0.05, 0) is 38.1 Å². The minimum atomic E-state index is -4.42. The molecule has 0 aliphatic carbocycles. The molecule has 2 N–H and O–H groups in total. The number of benzene rings is 1. The highest BCUT2D eigenvalue weighted by Crippen LogP contribution is 2.34. The van der Waals surface area contributed by atoms with E-state index in [0.717, 1.165) is 12.1 Å². The molecule has 0 aliphatic heterocycles. The summed E-state index contributed by atoms with van der Waals surface area (Å²) in [5, 5.41) is 4.35. The summed E-state index contributed by atoms with van der Waals surface area (Å²) in [5.74, 6) is 0.296. The summed E-state index contributed by atoms with van der Waals surface area (Å²) in [6.07, 6.45) is -3.23. The number of nitrogens with zero attached hydrogens (tertiary/aromatic N) is 4. The first-order valence-electron chi connectivity index (χ1n) is 7.36. The van der Waals surface area contributed by atoms with Gasteiger partial charge >= 0.3 is 6.18 Å². The number of ether oxygens (including phenoxy) is 1. The van der Waals surface area contributed by atoms with Crippen LogP contribution in [0.5, 0.6) is 11.8 Å². The molecule has 3 rings (SSSR count). The molecular formula is C16H13ClF3N5O. The lowest BCUT2D eigenvalue weighted by Crippen LogP contribution is -2.06. The summed E-state index contributed by atoms with van der Waals surface area (Å²) in [7, 11) is 0. The van der Waals surface area contributed by atoms with Crippen LogP contribution in [0.3, 0.4) is 0 Å². The van der Waals surface area contributed by atoms with Crippen LogP contribution in [0.25, 0.3) is 5.69 Å². The van der Waals surface area contributed by atoms with Gasteiger partial charge < -0.3 is 10.5 Å². The van der Waals surface area contributed by atoms with Gasteiger partial charge in [0.05, 0.1) is 16.9 Å². The fourth-order valence-corrected chi connectivity index (χ4v) is 2.33. The van der Waals surface area contributed by atoms with E-state index >= 15 is 0 Å². The zero-order valence-corrected chi connectivity index (χ0v) is 14.4. The van der Waals surface area contributed by atoms with Gasteiger partial charge in [0.15, 0.2) is 5.15 Å². The molecule has 6 nitrogen and oxygen atoms in total. The first-order valence-corrected chi connectivity index (χ1v) is 7.74. The van der Waals surface area contributed by atoms with E-state index < -0.39 is 11.7 Å². The number of hydrogen-bond acceptors (Lipinski definition) is 5. The Bertz CT molecular complexity index is 954. The van der Waals surface area contributed by atoms with Crippen molar-refractivity contribution in [2.75, 3.05) is 5.73 Å². The van der Waals surface area contributed by atoms with Gasteiger partial charge in [0, 0.05) is 5.56 Å². The molecule has 0 radical (unpaired) electrons. The zero-order chi connectivity index (χ0) is 19.1. The molecule has 0 unspecified atom stereocenters. The van der Waals surface area contributed by atoms with Crippen molar-refractivity contribution in [2.24, 2.45) is 0 Å². The van der Waals surface area contributed by atoms with Crippen molar-refractivity contribution in [2.45, 2.75) is 20.0 Å². The maximum atomic E-state index is 12.8. The van der Waals surface area contributed by atoms with E-state index in [9.17, 15) is 13.2 Å². The van der Waals surface area contributed by atoms with Crippen LogP contribution in [0.2, 0.25) is 5.15 Å². The number of nitrogen functional groups attached to an aromatic ring is 1. The maximum absolute atomic E-state index is 12.8. The molecule has 0 amide bonds. The number of rotatable bonds is 3. The van der Waals surface area contributed by atoms with Crippen LogP contribution in [0.15, 0.2) is 30.6 Å². The molecule has 0 atom stereocenters. The Labute approximate surface area is 151 Å². The summed E-state index contributed by atoms with van der Waals surface area (Å²) < 4.78 is 45.4. The van der Waals surface area contributed by atoms with Crippen molar-refractivity contribution < 1.29 is 17.9 Å². The van der Waals surface area contributed by atoms with Crippen molar-refractivity contribution >= 4 is 17.3 Å². The molecule has 2 aromatic heterocycles. The summed E-state index contributed by atoms with van der Waals surface area (Å²) >= 11 is 5.86. The van der Waals surface area contributed by atoms with Gasteiger partial charge in [0.25, 0.3) is 0 Å². The Balaban J connectivity index is 2.04. The number of anilines is 1. The minimum absolute atomic E-state index is 0.0289. The van der Waals surface area contributed by atoms with E-state index in [-0.39, 0.29) is 22.6 Å². The highest BCUT2D eigenvalue weighted by molar-refractivity contribution is 6.32. The lowest BCUT2D eigenvalue weighted by atomic mass is 10.2. The quantitative estimate of drug-likeness (QED) is 0.681. The Kier molecular flexibility index (Phi) is 4.49. The molecule has 0 saturated heterocycles. The molecule has 0 fully saturated rings. The third-order valence-electron chi connectivity index (χ3n) is 3.74. The van der Waals surface area contributed by atoms with Gasteiger partial charge in [-0.25, -0.2) is 9.67 Å². The van der Waals surface area contributed by atoms with Gasteiger partial charge in [-0.2, -0.15) is 23.3 Å². The van der Waals surface area contributed by atoms with Gasteiger partial charge in [0.2, 0.25) is 11.8 Å². The fraction of sp³-hybridized carbons (Fsp3) is 0.188. The van der Waals surface area contributed by atoms with Crippen LogP contribution in [-0.2, 0) is 6.18 Å². The van der Waals surface area contributed by atoms with Crippen LogP contribution in [0.1, 0.15) is 16.8 Å². The molecule has 0 saturated carbocycles. The highest BCUT2D eigenvalue weighted by Gasteiger charge is 2.30. The van der Waals surface area contributed by atoms with Gasteiger partial charge in [-0.1, -0.05) is 11.6 Å². The number of halogens is 4. The van der Waals surface area contributed by atoms with E-state index in [1.165, 1.54) is 23.1 Å². The Morgan fingerprint density at radius 3 is 2.38 bits per heavy atom. The maximum Gasteiger partial charge on any atom is 0.416 e. The van der Waals surface area contributed by atoms with Crippen molar-refractivity contribution in [1.29, 1.82) is 0 Å². The van der Waals surface area contributed by atoms with Crippen LogP contribution in [0, 0.1) is 13.8 Å². The van der Waals surface area contributed by atoms with Crippen LogP contribution >= 0.6 is 11.6 Å². The predicted octanol–water partition coefficient (Wildman–Crippen LogP) is 4.33. The van der Waals surface area contributed by atoms with E-state index in [2.05, 4.69) is 15.1 Å². The smallest absolute Gasteiger partial charge is 0.416 e. The Hall–Kier alpha value is -2.81. The second kappa shape index (κ2) is 6.49. The van der Waals surface area contributed by atoms with Crippen LogP contribution in [0.4, 0.5) is 18.9 Å². The summed E-state index contributed by atoms with van der Waals surface area (Å²) in [5.41, 5.74) is 6.81. The largest absolute Gasteiger partial charge is 0.418 e.